The third-order valence-electron chi connectivity index (χ3n) is 5.63. The Morgan fingerprint density at radius 2 is 1.50 bits per heavy atom. The summed E-state index contributed by atoms with van der Waals surface area (Å²) < 4.78 is 27.4. The smallest absolute Gasteiger partial charge is 0.243 e. The van der Waals surface area contributed by atoms with E-state index in [0.29, 0.717) is 25.1 Å². The molecule has 0 aromatic heterocycles. The van der Waals surface area contributed by atoms with Crippen LogP contribution in [0.15, 0.2) is 83.8 Å². The summed E-state index contributed by atoms with van der Waals surface area (Å²) in [7, 11) is -3.61. The fourth-order valence-corrected chi connectivity index (χ4v) is 5.33. The minimum absolute atomic E-state index is 0.155. The van der Waals surface area contributed by atoms with Crippen LogP contribution in [0.3, 0.4) is 0 Å². The van der Waals surface area contributed by atoms with Crippen molar-refractivity contribution in [2.24, 2.45) is 5.92 Å². The van der Waals surface area contributed by atoms with Gasteiger partial charge in [0.15, 0.2) is 0 Å². The molecule has 1 unspecified atom stereocenters. The second-order valence-corrected chi connectivity index (χ2v) is 10.0. The van der Waals surface area contributed by atoms with Gasteiger partial charge < -0.3 is 10.6 Å². The minimum Gasteiger partial charge on any atom is -0.356 e. The Balaban J connectivity index is 1.38. The highest BCUT2D eigenvalue weighted by Gasteiger charge is 2.33. The lowest BCUT2D eigenvalue weighted by Gasteiger charge is -2.31. The Labute approximate surface area is 189 Å². The first-order chi connectivity index (χ1) is 15.4. The highest BCUT2D eigenvalue weighted by molar-refractivity contribution is 7.89. The maximum atomic E-state index is 13.0. The molecule has 1 heterocycles. The van der Waals surface area contributed by atoms with Crippen molar-refractivity contribution >= 4 is 33.0 Å². The van der Waals surface area contributed by atoms with Gasteiger partial charge in [-0.15, -0.1) is 0 Å². The molecule has 4 rings (SSSR count). The Morgan fingerprint density at radius 3 is 2.19 bits per heavy atom. The number of nitrogens with one attached hydrogen (secondary N) is 2. The number of carbonyl (C=O) groups is 1. The van der Waals surface area contributed by atoms with Crippen LogP contribution < -0.4 is 10.6 Å². The van der Waals surface area contributed by atoms with Crippen LogP contribution in [0.1, 0.15) is 18.4 Å². The largest absolute Gasteiger partial charge is 0.356 e. The predicted octanol–water partition coefficient (Wildman–Crippen LogP) is 4.78. The van der Waals surface area contributed by atoms with Crippen molar-refractivity contribution in [3.8, 4) is 0 Å². The normalized spacial score (nSPS) is 17.0. The standard InChI is InChI=1S/C25H27N3O3S/c1-19-9-15-24(16-10-19)32(30,31)28-17-5-6-20(18-28)25(29)27-23-13-11-22(12-14-23)26-21-7-3-2-4-8-21/h2-4,7-16,20,26H,5-6,17-18H2,1H3,(H,27,29). The average molecular weight is 450 g/mol. The monoisotopic (exact) mass is 449 g/mol. The van der Waals surface area contributed by atoms with Crippen LogP contribution in [0, 0.1) is 12.8 Å². The van der Waals surface area contributed by atoms with Crippen LogP contribution in [-0.4, -0.2) is 31.7 Å². The summed E-state index contributed by atoms with van der Waals surface area (Å²) in [5.74, 6) is -0.538. The summed E-state index contributed by atoms with van der Waals surface area (Å²) in [5, 5.41) is 6.24. The van der Waals surface area contributed by atoms with Crippen molar-refractivity contribution in [3.63, 3.8) is 0 Å². The van der Waals surface area contributed by atoms with E-state index in [1.54, 1.807) is 24.3 Å². The number of para-hydroxylation sites is 1. The van der Waals surface area contributed by atoms with Gasteiger partial charge in [-0.25, -0.2) is 8.42 Å². The molecule has 166 valence electrons. The summed E-state index contributed by atoms with van der Waals surface area (Å²) in [6, 6.07) is 24.2. The van der Waals surface area contributed by atoms with Crippen molar-refractivity contribution in [2.45, 2.75) is 24.7 Å². The van der Waals surface area contributed by atoms with Gasteiger partial charge in [0.25, 0.3) is 0 Å². The Bertz CT molecular complexity index is 1160. The molecule has 0 bridgehead atoms. The van der Waals surface area contributed by atoms with Gasteiger partial charge in [-0.05, 0) is 68.3 Å². The number of amides is 1. The third-order valence-corrected chi connectivity index (χ3v) is 7.51. The molecule has 1 amide bonds. The molecule has 0 aliphatic carbocycles. The van der Waals surface area contributed by atoms with Crippen LogP contribution in [0.5, 0.6) is 0 Å². The number of benzene rings is 3. The molecule has 1 aliphatic rings. The van der Waals surface area contributed by atoms with Crippen molar-refractivity contribution in [3.05, 3.63) is 84.4 Å². The van der Waals surface area contributed by atoms with E-state index in [1.165, 1.54) is 4.31 Å². The summed E-state index contributed by atoms with van der Waals surface area (Å²) in [6.45, 7) is 2.54. The van der Waals surface area contributed by atoms with E-state index in [-0.39, 0.29) is 23.3 Å². The van der Waals surface area contributed by atoms with Crippen LogP contribution in [0.25, 0.3) is 0 Å². The molecule has 7 heteroatoms. The fraction of sp³-hybridized carbons (Fsp3) is 0.240. The van der Waals surface area contributed by atoms with Crippen LogP contribution >= 0.6 is 0 Å². The van der Waals surface area contributed by atoms with Crippen molar-refractivity contribution in [2.75, 3.05) is 23.7 Å². The lowest BCUT2D eigenvalue weighted by Crippen LogP contribution is -2.43. The number of anilines is 3. The number of hydrogen-bond acceptors (Lipinski definition) is 4. The number of rotatable bonds is 6. The molecular weight excluding hydrogens is 422 g/mol. The van der Waals surface area contributed by atoms with E-state index in [2.05, 4.69) is 10.6 Å². The zero-order chi connectivity index (χ0) is 22.6. The maximum absolute atomic E-state index is 13.0. The van der Waals surface area contributed by atoms with Crippen LogP contribution in [0.2, 0.25) is 0 Å². The zero-order valence-electron chi connectivity index (χ0n) is 18.0. The molecule has 2 N–H and O–H groups in total. The first kappa shape index (κ1) is 22.0. The average Bonchev–Trinajstić information content (AvgIpc) is 2.81. The number of aryl methyl sites for hydroxylation is 1. The summed E-state index contributed by atoms with van der Waals surface area (Å²) in [6.07, 6.45) is 1.32. The van der Waals surface area contributed by atoms with Gasteiger partial charge in [-0.1, -0.05) is 35.9 Å². The van der Waals surface area contributed by atoms with E-state index in [9.17, 15) is 13.2 Å². The lowest BCUT2D eigenvalue weighted by atomic mass is 9.98. The third kappa shape index (κ3) is 5.18. The fourth-order valence-electron chi connectivity index (χ4n) is 3.80. The second kappa shape index (κ2) is 9.54. The number of sulfonamides is 1. The molecule has 6 nitrogen and oxygen atoms in total. The van der Waals surface area contributed by atoms with Gasteiger partial charge >= 0.3 is 0 Å². The van der Waals surface area contributed by atoms with Gasteiger partial charge in [0.05, 0.1) is 10.8 Å². The van der Waals surface area contributed by atoms with Crippen molar-refractivity contribution < 1.29 is 13.2 Å². The molecule has 0 saturated carbocycles. The molecule has 3 aromatic rings. The molecule has 1 aliphatic heterocycles. The van der Waals surface area contributed by atoms with E-state index in [1.807, 2.05) is 61.5 Å². The number of hydrogen-bond donors (Lipinski definition) is 2. The minimum atomic E-state index is -3.61. The van der Waals surface area contributed by atoms with Gasteiger partial charge in [0, 0.05) is 30.2 Å². The first-order valence-corrected chi connectivity index (χ1v) is 12.2. The Morgan fingerprint density at radius 1 is 0.875 bits per heavy atom. The SMILES string of the molecule is Cc1ccc(S(=O)(=O)N2CCCC(C(=O)Nc3ccc(Nc4ccccc4)cc3)C2)cc1. The van der Waals surface area contributed by atoms with Crippen LogP contribution in [-0.2, 0) is 14.8 Å². The summed E-state index contributed by atoms with van der Waals surface area (Å²) >= 11 is 0. The predicted molar refractivity (Wildman–Crippen MR) is 127 cm³/mol. The van der Waals surface area contributed by atoms with E-state index in [0.717, 1.165) is 16.9 Å². The molecule has 1 fully saturated rings. The topological polar surface area (TPSA) is 78.5 Å². The zero-order valence-corrected chi connectivity index (χ0v) is 18.8. The number of nitrogens with zero attached hydrogens (tertiary/aromatic N) is 1. The number of carbonyl (C=O) groups excluding carboxylic acids is 1. The molecule has 32 heavy (non-hydrogen) atoms. The quantitative estimate of drug-likeness (QED) is 0.568. The van der Waals surface area contributed by atoms with Crippen molar-refractivity contribution in [1.82, 2.24) is 4.31 Å². The molecule has 3 aromatic carbocycles. The Hall–Kier alpha value is -3.16. The highest BCUT2D eigenvalue weighted by Crippen LogP contribution is 2.25. The van der Waals surface area contributed by atoms with E-state index in [4.69, 9.17) is 0 Å². The number of piperidine rings is 1. The van der Waals surface area contributed by atoms with Gasteiger partial charge in [-0.2, -0.15) is 4.31 Å². The maximum Gasteiger partial charge on any atom is 0.243 e. The van der Waals surface area contributed by atoms with Crippen LogP contribution in [0.4, 0.5) is 17.1 Å². The van der Waals surface area contributed by atoms with Gasteiger partial charge in [0.2, 0.25) is 15.9 Å². The molecule has 0 spiro atoms. The van der Waals surface area contributed by atoms with Gasteiger partial charge in [-0.3, -0.25) is 4.79 Å². The highest BCUT2D eigenvalue weighted by atomic mass is 32.2. The molecule has 1 atom stereocenters. The van der Waals surface area contributed by atoms with E-state index >= 15 is 0 Å². The summed E-state index contributed by atoms with van der Waals surface area (Å²) in [4.78, 5) is 13.1. The molecule has 0 radical (unpaired) electrons. The van der Waals surface area contributed by atoms with E-state index < -0.39 is 10.0 Å². The van der Waals surface area contributed by atoms with Gasteiger partial charge in [0.1, 0.15) is 0 Å². The van der Waals surface area contributed by atoms with Crippen molar-refractivity contribution in [1.29, 1.82) is 0 Å². The molecule has 1 saturated heterocycles. The first-order valence-electron chi connectivity index (χ1n) is 10.7. The molecular formula is C25H27N3O3S. The Kier molecular flexibility index (Phi) is 6.58. The summed E-state index contributed by atoms with van der Waals surface area (Å²) in [5.41, 5.74) is 3.60. The lowest BCUT2D eigenvalue weighted by molar-refractivity contribution is -0.120. The second-order valence-electron chi connectivity index (χ2n) is 8.07.